The molecule has 5 heteroatoms. The molecule has 2 unspecified atom stereocenters. The van der Waals surface area contributed by atoms with Crippen LogP contribution in [0.3, 0.4) is 0 Å². The van der Waals surface area contributed by atoms with Gasteiger partial charge >= 0.3 is 5.97 Å². The molecule has 146 valence electrons. The van der Waals surface area contributed by atoms with E-state index in [0.29, 0.717) is 12.2 Å². The summed E-state index contributed by atoms with van der Waals surface area (Å²) < 4.78 is 17.7. The van der Waals surface area contributed by atoms with Crippen molar-refractivity contribution < 1.29 is 19.0 Å². The molecule has 27 heavy (non-hydrogen) atoms. The van der Waals surface area contributed by atoms with E-state index in [-0.39, 0.29) is 23.6 Å². The summed E-state index contributed by atoms with van der Waals surface area (Å²) in [5.41, 5.74) is 2.32. The van der Waals surface area contributed by atoms with Crippen molar-refractivity contribution >= 4 is 5.97 Å². The maximum atomic E-state index is 12.2. The molecule has 0 saturated carbocycles. The zero-order chi connectivity index (χ0) is 19.0. The Balaban J connectivity index is 1.75. The summed E-state index contributed by atoms with van der Waals surface area (Å²) >= 11 is 0. The molecule has 0 saturated heterocycles. The Labute approximate surface area is 161 Å². The molecule has 0 amide bonds. The number of unbranched alkanes of at least 4 members (excludes halogenated alkanes) is 1. The molecule has 3 aliphatic rings. The molecule has 1 aliphatic carbocycles. The quantitative estimate of drug-likeness (QED) is 0.450. The van der Waals surface area contributed by atoms with Crippen LogP contribution in [0.5, 0.6) is 11.5 Å². The van der Waals surface area contributed by atoms with Crippen molar-refractivity contribution in [2.24, 2.45) is 0 Å². The average molecular weight is 371 g/mol. The molecular formula is C22H29NO4. The predicted molar refractivity (Wildman–Crippen MR) is 103 cm³/mol. The van der Waals surface area contributed by atoms with Crippen LogP contribution in [-0.2, 0) is 21.5 Å². The molecule has 0 aromatic heterocycles. The molecule has 0 N–H and O–H groups in total. The van der Waals surface area contributed by atoms with Crippen LogP contribution in [0.25, 0.3) is 0 Å². The minimum Gasteiger partial charge on any atom is -0.485 e. The van der Waals surface area contributed by atoms with Crippen molar-refractivity contribution in [1.82, 2.24) is 4.90 Å². The minimum atomic E-state index is -0.184. The van der Waals surface area contributed by atoms with E-state index in [4.69, 9.17) is 14.2 Å². The molecule has 0 radical (unpaired) electrons. The highest BCUT2D eigenvalue weighted by atomic mass is 16.6. The SMILES string of the molecule is CCCCC(=O)Oc1ccc2c3c1OC1C[C@@H](OC)C=CC31CCN(C)C2. The third-order valence-corrected chi connectivity index (χ3v) is 6.17. The van der Waals surface area contributed by atoms with Gasteiger partial charge < -0.3 is 19.1 Å². The van der Waals surface area contributed by atoms with Gasteiger partial charge in [0.1, 0.15) is 6.10 Å². The van der Waals surface area contributed by atoms with Crippen molar-refractivity contribution in [3.8, 4) is 11.5 Å². The number of esters is 1. The van der Waals surface area contributed by atoms with Gasteiger partial charge in [-0.15, -0.1) is 0 Å². The zero-order valence-corrected chi connectivity index (χ0v) is 16.5. The highest BCUT2D eigenvalue weighted by Gasteiger charge is 2.52. The van der Waals surface area contributed by atoms with Gasteiger partial charge in [-0.2, -0.15) is 0 Å². The molecular weight excluding hydrogens is 342 g/mol. The van der Waals surface area contributed by atoms with E-state index in [9.17, 15) is 4.79 Å². The fourth-order valence-electron chi connectivity index (χ4n) is 4.65. The van der Waals surface area contributed by atoms with Gasteiger partial charge in [0.15, 0.2) is 11.5 Å². The number of nitrogens with zero attached hydrogens (tertiary/aromatic N) is 1. The number of carbonyl (C=O) groups excluding carboxylic acids is 1. The number of benzene rings is 1. The van der Waals surface area contributed by atoms with Gasteiger partial charge in [0.2, 0.25) is 0 Å². The Morgan fingerprint density at radius 1 is 1.41 bits per heavy atom. The van der Waals surface area contributed by atoms with E-state index < -0.39 is 0 Å². The normalized spacial score (nSPS) is 28.9. The first kappa shape index (κ1) is 18.5. The zero-order valence-electron chi connectivity index (χ0n) is 16.5. The van der Waals surface area contributed by atoms with Gasteiger partial charge in [-0.05, 0) is 38.1 Å². The second-order valence-corrected chi connectivity index (χ2v) is 8.01. The second kappa shape index (κ2) is 7.28. The second-order valence-electron chi connectivity index (χ2n) is 8.01. The topological polar surface area (TPSA) is 48.0 Å². The largest absolute Gasteiger partial charge is 0.485 e. The summed E-state index contributed by atoms with van der Waals surface area (Å²) in [5, 5.41) is 0. The molecule has 1 spiro atoms. The Morgan fingerprint density at radius 2 is 2.26 bits per heavy atom. The number of methoxy groups -OCH3 is 1. The summed E-state index contributed by atoms with van der Waals surface area (Å²) in [6.45, 7) is 3.95. The Morgan fingerprint density at radius 3 is 3.04 bits per heavy atom. The van der Waals surface area contributed by atoms with Crippen LogP contribution in [-0.4, -0.2) is 43.8 Å². The molecule has 3 atom stereocenters. The number of ether oxygens (including phenoxy) is 3. The smallest absolute Gasteiger partial charge is 0.311 e. The lowest BCUT2D eigenvalue weighted by Gasteiger charge is -2.36. The summed E-state index contributed by atoms with van der Waals surface area (Å²) in [7, 11) is 3.89. The van der Waals surface area contributed by atoms with Crippen molar-refractivity contribution in [2.75, 3.05) is 20.7 Å². The van der Waals surface area contributed by atoms with Gasteiger partial charge in [-0.25, -0.2) is 0 Å². The molecule has 1 aromatic carbocycles. The number of carbonyl (C=O) groups is 1. The standard InChI is InChI=1S/C22H29NO4/c1-4-5-6-19(24)26-17-8-7-15-14-23(2)12-11-22-10-9-16(25-3)13-18(22)27-21(17)20(15)22/h7-10,16,18H,4-6,11-14H2,1-3H3/t16-,18?,22?/m0/s1. The van der Waals surface area contributed by atoms with Crippen LogP contribution in [0, 0.1) is 0 Å². The fourth-order valence-corrected chi connectivity index (χ4v) is 4.65. The molecule has 2 heterocycles. The third kappa shape index (κ3) is 3.17. The van der Waals surface area contributed by atoms with Gasteiger partial charge in [0, 0.05) is 32.1 Å². The van der Waals surface area contributed by atoms with Gasteiger partial charge in [-0.3, -0.25) is 4.79 Å². The van der Waals surface area contributed by atoms with E-state index in [2.05, 4.69) is 37.1 Å². The number of hydrogen-bond acceptors (Lipinski definition) is 5. The first-order chi connectivity index (χ1) is 13.1. The Kier molecular flexibility index (Phi) is 4.99. The summed E-state index contributed by atoms with van der Waals surface area (Å²) in [6, 6.07) is 4.01. The van der Waals surface area contributed by atoms with Crippen molar-refractivity contribution in [3.05, 3.63) is 35.4 Å². The van der Waals surface area contributed by atoms with Gasteiger partial charge in [-0.1, -0.05) is 31.6 Å². The van der Waals surface area contributed by atoms with Crippen LogP contribution < -0.4 is 9.47 Å². The first-order valence-corrected chi connectivity index (χ1v) is 10.0. The molecule has 1 aromatic rings. The fraction of sp³-hybridized carbons (Fsp3) is 0.591. The first-order valence-electron chi connectivity index (χ1n) is 10.0. The number of hydrogen-bond donors (Lipinski definition) is 0. The maximum Gasteiger partial charge on any atom is 0.311 e. The lowest BCUT2D eigenvalue weighted by molar-refractivity contribution is -0.134. The van der Waals surface area contributed by atoms with Crippen molar-refractivity contribution in [2.45, 2.75) is 63.2 Å². The highest BCUT2D eigenvalue weighted by Crippen LogP contribution is 2.55. The van der Waals surface area contributed by atoms with E-state index in [1.165, 1.54) is 11.1 Å². The van der Waals surface area contributed by atoms with Crippen LogP contribution in [0.4, 0.5) is 0 Å². The molecule has 0 fully saturated rings. The third-order valence-electron chi connectivity index (χ3n) is 6.17. The van der Waals surface area contributed by atoms with E-state index in [1.54, 1.807) is 7.11 Å². The van der Waals surface area contributed by atoms with E-state index in [0.717, 1.165) is 44.5 Å². The van der Waals surface area contributed by atoms with E-state index in [1.807, 2.05) is 6.07 Å². The average Bonchev–Trinajstić information content (AvgIpc) is 2.94. The Hall–Kier alpha value is -1.85. The van der Waals surface area contributed by atoms with Crippen LogP contribution in [0.1, 0.15) is 50.2 Å². The minimum absolute atomic E-state index is 0.0168. The lowest BCUT2D eigenvalue weighted by atomic mass is 9.69. The van der Waals surface area contributed by atoms with E-state index >= 15 is 0 Å². The Bertz CT molecular complexity index is 759. The van der Waals surface area contributed by atoms with Crippen molar-refractivity contribution in [1.29, 1.82) is 0 Å². The summed E-state index contributed by atoms with van der Waals surface area (Å²) in [4.78, 5) is 14.6. The van der Waals surface area contributed by atoms with Gasteiger partial charge in [0.25, 0.3) is 0 Å². The summed E-state index contributed by atoms with van der Waals surface area (Å²) in [5.74, 6) is 1.14. The molecule has 5 nitrogen and oxygen atoms in total. The van der Waals surface area contributed by atoms with Crippen LogP contribution in [0.2, 0.25) is 0 Å². The summed E-state index contributed by atoms with van der Waals surface area (Å²) in [6.07, 6.45) is 8.60. The van der Waals surface area contributed by atoms with Crippen LogP contribution >= 0.6 is 0 Å². The van der Waals surface area contributed by atoms with Crippen molar-refractivity contribution in [3.63, 3.8) is 0 Å². The predicted octanol–water partition coefficient (Wildman–Crippen LogP) is 3.59. The van der Waals surface area contributed by atoms with Gasteiger partial charge in [0.05, 0.1) is 11.5 Å². The lowest BCUT2D eigenvalue weighted by Crippen LogP contribution is -2.43. The highest BCUT2D eigenvalue weighted by molar-refractivity contribution is 5.74. The monoisotopic (exact) mass is 371 g/mol. The molecule has 2 aliphatic heterocycles. The molecule has 0 bridgehead atoms. The maximum absolute atomic E-state index is 12.2. The van der Waals surface area contributed by atoms with Crippen LogP contribution in [0.15, 0.2) is 24.3 Å². The number of rotatable bonds is 5. The molecule has 4 rings (SSSR count).